The summed E-state index contributed by atoms with van der Waals surface area (Å²) < 4.78 is 6.48. The number of nitrogens with one attached hydrogen (secondary N) is 1. The lowest BCUT2D eigenvalue weighted by molar-refractivity contribution is -0.122. The third kappa shape index (κ3) is 4.48. The van der Waals surface area contributed by atoms with E-state index in [9.17, 15) is 4.79 Å². The molecule has 110 valence electrons. The summed E-state index contributed by atoms with van der Waals surface area (Å²) in [4.78, 5) is 12.1. The summed E-state index contributed by atoms with van der Waals surface area (Å²) in [6, 6.07) is 12.8. The summed E-state index contributed by atoms with van der Waals surface area (Å²) >= 11 is 9.39. The first-order valence-corrected chi connectivity index (χ1v) is 7.62. The Kier molecular flexibility index (Phi) is 5.26. The van der Waals surface area contributed by atoms with Crippen LogP contribution in [0.5, 0.6) is 5.75 Å². The second-order valence-corrected chi connectivity index (χ2v) is 6.01. The molecular formula is C16H15BrClNO2. The van der Waals surface area contributed by atoms with Crippen LogP contribution in [0.25, 0.3) is 0 Å². The van der Waals surface area contributed by atoms with Crippen molar-refractivity contribution in [1.29, 1.82) is 0 Å². The van der Waals surface area contributed by atoms with Crippen LogP contribution in [0.4, 0.5) is 5.69 Å². The third-order valence-electron chi connectivity index (χ3n) is 2.86. The van der Waals surface area contributed by atoms with E-state index in [-0.39, 0.29) is 5.91 Å². The Labute approximate surface area is 137 Å². The highest BCUT2D eigenvalue weighted by molar-refractivity contribution is 9.10. The first-order valence-electron chi connectivity index (χ1n) is 6.45. The molecule has 5 heteroatoms. The molecule has 0 aliphatic carbocycles. The summed E-state index contributed by atoms with van der Waals surface area (Å²) in [5.41, 5.74) is 1.64. The molecule has 0 heterocycles. The van der Waals surface area contributed by atoms with Crippen molar-refractivity contribution in [3.05, 3.63) is 57.5 Å². The fourth-order valence-electron chi connectivity index (χ4n) is 1.77. The van der Waals surface area contributed by atoms with Crippen molar-refractivity contribution >= 4 is 39.1 Å². The Morgan fingerprint density at radius 2 is 2.05 bits per heavy atom. The van der Waals surface area contributed by atoms with Gasteiger partial charge in [0, 0.05) is 4.47 Å². The van der Waals surface area contributed by atoms with Crippen molar-refractivity contribution < 1.29 is 9.53 Å². The molecule has 2 rings (SSSR count). The molecule has 0 radical (unpaired) electrons. The van der Waals surface area contributed by atoms with Gasteiger partial charge in [-0.25, -0.2) is 0 Å². The number of hydrogen-bond donors (Lipinski definition) is 1. The highest BCUT2D eigenvalue weighted by Gasteiger charge is 2.16. The highest BCUT2D eigenvalue weighted by atomic mass is 79.9. The number of carbonyl (C=O) groups excluding carboxylic acids is 1. The Morgan fingerprint density at radius 3 is 2.71 bits per heavy atom. The minimum Gasteiger partial charge on any atom is -0.481 e. The maximum atomic E-state index is 12.1. The molecule has 0 saturated heterocycles. The smallest absolute Gasteiger partial charge is 0.265 e. The summed E-state index contributed by atoms with van der Waals surface area (Å²) in [6.45, 7) is 3.67. The van der Waals surface area contributed by atoms with Gasteiger partial charge < -0.3 is 10.1 Å². The molecule has 0 aliphatic heterocycles. The van der Waals surface area contributed by atoms with Gasteiger partial charge in [-0.1, -0.05) is 39.7 Å². The quantitative estimate of drug-likeness (QED) is 0.840. The Morgan fingerprint density at radius 1 is 1.29 bits per heavy atom. The van der Waals surface area contributed by atoms with E-state index in [0.29, 0.717) is 16.5 Å². The molecule has 1 atom stereocenters. The second-order valence-electron chi connectivity index (χ2n) is 4.69. The van der Waals surface area contributed by atoms with E-state index in [1.54, 1.807) is 19.1 Å². The second kappa shape index (κ2) is 6.96. The molecule has 0 saturated carbocycles. The largest absolute Gasteiger partial charge is 0.481 e. The normalized spacial score (nSPS) is 11.8. The number of halogens is 2. The van der Waals surface area contributed by atoms with Crippen molar-refractivity contribution in [2.24, 2.45) is 0 Å². The molecule has 1 N–H and O–H groups in total. The van der Waals surface area contributed by atoms with Crippen molar-refractivity contribution in [1.82, 2.24) is 0 Å². The van der Waals surface area contributed by atoms with Crippen LogP contribution in [-0.4, -0.2) is 12.0 Å². The maximum Gasteiger partial charge on any atom is 0.265 e. The van der Waals surface area contributed by atoms with Crippen LogP contribution in [0.3, 0.4) is 0 Å². The van der Waals surface area contributed by atoms with Crippen molar-refractivity contribution in [3.8, 4) is 5.75 Å². The van der Waals surface area contributed by atoms with Gasteiger partial charge >= 0.3 is 0 Å². The van der Waals surface area contributed by atoms with Crippen molar-refractivity contribution in [2.45, 2.75) is 20.0 Å². The molecule has 21 heavy (non-hydrogen) atoms. The summed E-state index contributed by atoms with van der Waals surface area (Å²) in [6.07, 6.45) is -0.619. The third-order valence-corrected chi connectivity index (χ3v) is 3.67. The Balaban J connectivity index is 2.02. The van der Waals surface area contributed by atoms with Gasteiger partial charge in [-0.3, -0.25) is 4.79 Å². The fraction of sp³-hybridized carbons (Fsp3) is 0.188. The van der Waals surface area contributed by atoms with Gasteiger partial charge in [0.05, 0.1) is 10.7 Å². The number of amides is 1. The predicted octanol–water partition coefficient (Wildman–Crippen LogP) is 4.82. The molecule has 1 amide bonds. The zero-order valence-electron chi connectivity index (χ0n) is 11.7. The molecule has 0 fully saturated rings. The van der Waals surface area contributed by atoms with Crippen molar-refractivity contribution in [3.63, 3.8) is 0 Å². The number of rotatable bonds is 4. The molecular weight excluding hydrogens is 354 g/mol. The van der Waals surface area contributed by atoms with Gasteiger partial charge in [0.25, 0.3) is 5.91 Å². The molecule has 3 nitrogen and oxygen atoms in total. The van der Waals surface area contributed by atoms with Gasteiger partial charge in [-0.15, -0.1) is 0 Å². The number of aryl methyl sites for hydroxylation is 1. The summed E-state index contributed by atoms with van der Waals surface area (Å²) in [5.74, 6) is 0.417. The minimum atomic E-state index is -0.619. The number of anilines is 1. The van der Waals surface area contributed by atoms with Gasteiger partial charge in [0.1, 0.15) is 5.75 Å². The van der Waals surface area contributed by atoms with Gasteiger partial charge in [-0.2, -0.15) is 0 Å². The van der Waals surface area contributed by atoms with E-state index in [1.165, 1.54) is 0 Å². The standard InChI is InChI=1S/C16H15BrClNO2/c1-10-4-3-5-13(8-10)21-11(2)16(20)19-15-7-6-12(17)9-14(15)18/h3-9,11H,1-2H3,(H,19,20)/t11-/m0/s1. The number of carbonyl (C=O) groups is 1. The molecule has 2 aromatic rings. The highest BCUT2D eigenvalue weighted by Crippen LogP contribution is 2.26. The lowest BCUT2D eigenvalue weighted by Gasteiger charge is -2.15. The van der Waals surface area contributed by atoms with Crippen LogP contribution in [0.1, 0.15) is 12.5 Å². The van der Waals surface area contributed by atoms with E-state index in [2.05, 4.69) is 21.2 Å². The monoisotopic (exact) mass is 367 g/mol. The summed E-state index contributed by atoms with van der Waals surface area (Å²) in [7, 11) is 0. The average molecular weight is 369 g/mol. The van der Waals surface area contributed by atoms with E-state index < -0.39 is 6.10 Å². The van der Waals surface area contributed by atoms with Gasteiger partial charge in [0.2, 0.25) is 0 Å². The van der Waals surface area contributed by atoms with Gasteiger partial charge in [-0.05, 0) is 49.7 Å². The molecule has 0 aromatic heterocycles. The lowest BCUT2D eigenvalue weighted by atomic mass is 10.2. The van der Waals surface area contributed by atoms with Crippen molar-refractivity contribution in [2.75, 3.05) is 5.32 Å². The van der Waals surface area contributed by atoms with Crippen LogP contribution < -0.4 is 10.1 Å². The van der Waals surface area contributed by atoms with Crippen LogP contribution in [0.2, 0.25) is 5.02 Å². The van der Waals surface area contributed by atoms with E-state index in [0.717, 1.165) is 10.0 Å². The number of benzene rings is 2. The molecule has 0 aliphatic rings. The van der Waals surface area contributed by atoms with Gasteiger partial charge in [0.15, 0.2) is 6.10 Å². The van der Waals surface area contributed by atoms with Crippen LogP contribution >= 0.6 is 27.5 Å². The molecule has 0 unspecified atom stereocenters. The van der Waals surface area contributed by atoms with E-state index in [1.807, 2.05) is 37.3 Å². The first-order chi connectivity index (χ1) is 9.95. The predicted molar refractivity (Wildman–Crippen MR) is 89.1 cm³/mol. The SMILES string of the molecule is Cc1cccc(O[C@@H](C)C(=O)Nc2ccc(Br)cc2Cl)c1. The number of hydrogen-bond acceptors (Lipinski definition) is 2. The Hall–Kier alpha value is -1.52. The average Bonchev–Trinajstić information content (AvgIpc) is 2.41. The van der Waals surface area contributed by atoms with Crippen LogP contribution in [0.15, 0.2) is 46.9 Å². The zero-order chi connectivity index (χ0) is 15.4. The number of ether oxygens (including phenoxy) is 1. The summed E-state index contributed by atoms with van der Waals surface area (Å²) in [5, 5.41) is 3.23. The minimum absolute atomic E-state index is 0.249. The molecule has 0 spiro atoms. The maximum absolute atomic E-state index is 12.1. The van der Waals surface area contributed by atoms with Crippen LogP contribution in [-0.2, 0) is 4.79 Å². The van der Waals surface area contributed by atoms with E-state index in [4.69, 9.17) is 16.3 Å². The molecule has 2 aromatic carbocycles. The fourth-order valence-corrected chi connectivity index (χ4v) is 2.49. The molecule has 0 bridgehead atoms. The zero-order valence-corrected chi connectivity index (χ0v) is 14.0. The Bertz CT molecular complexity index is 660. The topological polar surface area (TPSA) is 38.3 Å². The first kappa shape index (κ1) is 15.9. The van der Waals surface area contributed by atoms with E-state index >= 15 is 0 Å². The lowest BCUT2D eigenvalue weighted by Crippen LogP contribution is -2.30. The van der Waals surface area contributed by atoms with Crippen LogP contribution in [0, 0.1) is 6.92 Å².